The first-order valence-electron chi connectivity index (χ1n) is 10.3. The maximum Gasteiger partial charge on any atom is 0.126 e. The number of hydrogen-bond acceptors (Lipinski definition) is 1. The molecule has 0 aromatic rings. The lowest BCUT2D eigenvalue weighted by molar-refractivity contribution is -0.119. The molecule has 0 amide bonds. The molecular weight excluding hydrogens is 268 g/mol. The number of carbonyl (C=O) groups excluding carboxylic acids is 1. The van der Waals surface area contributed by atoms with Crippen LogP contribution in [0.15, 0.2) is 0 Å². The molecule has 0 spiro atoms. The standard InChI is InChI=1S/C21H38O/c1-2-3-4-7-14-20(19-12-8-5-9-13-19)17-21(18-22)15-10-6-11-16-21/h18-20H,2-17H2,1H3. The average molecular weight is 307 g/mol. The van der Waals surface area contributed by atoms with Crippen molar-refractivity contribution in [2.75, 3.05) is 0 Å². The number of rotatable bonds is 9. The molecule has 2 aliphatic carbocycles. The molecule has 2 rings (SSSR count). The lowest BCUT2D eigenvalue weighted by Crippen LogP contribution is -2.32. The summed E-state index contributed by atoms with van der Waals surface area (Å²) in [5, 5.41) is 0. The molecule has 0 aromatic carbocycles. The topological polar surface area (TPSA) is 17.1 Å². The summed E-state index contributed by atoms with van der Waals surface area (Å²) in [7, 11) is 0. The van der Waals surface area contributed by atoms with Gasteiger partial charge in [0.1, 0.15) is 6.29 Å². The van der Waals surface area contributed by atoms with E-state index >= 15 is 0 Å². The van der Waals surface area contributed by atoms with Gasteiger partial charge in [0.25, 0.3) is 0 Å². The van der Waals surface area contributed by atoms with E-state index in [1.807, 2.05) is 0 Å². The summed E-state index contributed by atoms with van der Waals surface area (Å²) in [5.41, 5.74) is 0.0606. The highest BCUT2D eigenvalue weighted by atomic mass is 16.1. The van der Waals surface area contributed by atoms with E-state index < -0.39 is 0 Å². The minimum Gasteiger partial charge on any atom is -0.303 e. The Kier molecular flexibility index (Phi) is 7.97. The molecule has 1 unspecified atom stereocenters. The van der Waals surface area contributed by atoms with Crippen molar-refractivity contribution in [1.82, 2.24) is 0 Å². The molecule has 1 nitrogen and oxygen atoms in total. The van der Waals surface area contributed by atoms with Crippen LogP contribution in [0.4, 0.5) is 0 Å². The van der Waals surface area contributed by atoms with Gasteiger partial charge in [-0.2, -0.15) is 0 Å². The van der Waals surface area contributed by atoms with E-state index in [0.29, 0.717) is 0 Å². The lowest BCUT2D eigenvalue weighted by Gasteiger charge is -2.39. The Morgan fingerprint density at radius 2 is 1.64 bits per heavy atom. The summed E-state index contributed by atoms with van der Waals surface area (Å²) < 4.78 is 0. The van der Waals surface area contributed by atoms with Gasteiger partial charge in [0.15, 0.2) is 0 Å². The van der Waals surface area contributed by atoms with E-state index in [4.69, 9.17) is 0 Å². The van der Waals surface area contributed by atoms with Gasteiger partial charge in [-0.05, 0) is 31.1 Å². The molecule has 1 atom stereocenters. The summed E-state index contributed by atoms with van der Waals surface area (Å²) in [4.78, 5) is 11.9. The Hall–Kier alpha value is -0.330. The minimum atomic E-state index is 0.0606. The Bertz CT molecular complexity index is 297. The second kappa shape index (κ2) is 9.73. The third kappa shape index (κ3) is 5.39. The fraction of sp³-hybridized carbons (Fsp3) is 0.952. The summed E-state index contributed by atoms with van der Waals surface area (Å²) >= 11 is 0. The highest BCUT2D eigenvalue weighted by Crippen LogP contribution is 2.45. The van der Waals surface area contributed by atoms with Gasteiger partial charge in [0.05, 0.1) is 0 Å². The van der Waals surface area contributed by atoms with Crippen LogP contribution in [0.5, 0.6) is 0 Å². The number of unbranched alkanes of at least 4 members (excludes halogenated alkanes) is 3. The number of aldehydes is 1. The molecule has 0 N–H and O–H groups in total. The van der Waals surface area contributed by atoms with Gasteiger partial charge < -0.3 is 4.79 Å². The van der Waals surface area contributed by atoms with Gasteiger partial charge in [0, 0.05) is 5.41 Å². The lowest BCUT2D eigenvalue weighted by atomic mass is 9.65. The molecule has 0 aromatic heterocycles. The molecule has 0 aliphatic heterocycles. The zero-order valence-corrected chi connectivity index (χ0v) is 15.0. The first-order valence-corrected chi connectivity index (χ1v) is 10.3. The largest absolute Gasteiger partial charge is 0.303 e. The molecule has 2 fully saturated rings. The molecule has 128 valence electrons. The zero-order valence-electron chi connectivity index (χ0n) is 15.0. The van der Waals surface area contributed by atoms with E-state index in [1.54, 1.807) is 0 Å². The smallest absolute Gasteiger partial charge is 0.126 e. The van der Waals surface area contributed by atoms with Crippen molar-refractivity contribution in [1.29, 1.82) is 0 Å². The van der Waals surface area contributed by atoms with E-state index in [1.165, 1.54) is 109 Å². The normalized spacial score (nSPS) is 24.0. The van der Waals surface area contributed by atoms with E-state index in [0.717, 1.165) is 11.8 Å². The van der Waals surface area contributed by atoms with Crippen LogP contribution in [0.1, 0.15) is 110 Å². The van der Waals surface area contributed by atoms with Crippen LogP contribution >= 0.6 is 0 Å². The SMILES string of the molecule is CCCCCCC(CC1(C=O)CCCCC1)C1CCCCC1. The molecule has 0 heterocycles. The van der Waals surface area contributed by atoms with Crippen LogP contribution in [0.3, 0.4) is 0 Å². The third-order valence-electron chi connectivity index (χ3n) is 6.51. The zero-order chi connectivity index (χ0) is 15.7. The Morgan fingerprint density at radius 3 is 2.27 bits per heavy atom. The van der Waals surface area contributed by atoms with Crippen molar-refractivity contribution in [3.8, 4) is 0 Å². The summed E-state index contributed by atoms with van der Waals surface area (Å²) in [5.74, 6) is 1.76. The minimum absolute atomic E-state index is 0.0606. The van der Waals surface area contributed by atoms with Gasteiger partial charge in [-0.1, -0.05) is 90.4 Å². The van der Waals surface area contributed by atoms with E-state index in [9.17, 15) is 4.79 Å². The van der Waals surface area contributed by atoms with Gasteiger partial charge in [-0.15, -0.1) is 0 Å². The molecule has 0 radical (unpaired) electrons. The van der Waals surface area contributed by atoms with Crippen LogP contribution in [0.2, 0.25) is 0 Å². The van der Waals surface area contributed by atoms with Gasteiger partial charge in [0.2, 0.25) is 0 Å². The predicted molar refractivity (Wildman–Crippen MR) is 95.0 cm³/mol. The molecule has 22 heavy (non-hydrogen) atoms. The van der Waals surface area contributed by atoms with Crippen molar-refractivity contribution >= 4 is 6.29 Å². The van der Waals surface area contributed by atoms with Gasteiger partial charge in [-0.25, -0.2) is 0 Å². The Balaban J connectivity index is 1.93. The van der Waals surface area contributed by atoms with Crippen molar-refractivity contribution in [3.05, 3.63) is 0 Å². The van der Waals surface area contributed by atoms with E-state index in [2.05, 4.69) is 6.92 Å². The number of hydrogen-bond donors (Lipinski definition) is 0. The quantitative estimate of drug-likeness (QED) is 0.342. The van der Waals surface area contributed by atoms with Crippen LogP contribution < -0.4 is 0 Å². The third-order valence-corrected chi connectivity index (χ3v) is 6.51. The van der Waals surface area contributed by atoms with Crippen molar-refractivity contribution in [2.45, 2.75) is 110 Å². The van der Waals surface area contributed by atoms with Crippen LogP contribution in [0, 0.1) is 17.3 Å². The number of carbonyl (C=O) groups is 1. The first-order chi connectivity index (χ1) is 10.8. The second-order valence-electron chi connectivity index (χ2n) is 8.25. The van der Waals surface area contributed by atoms with Crippen LogP contribution in [-0.2, 0) is 4.79 Å². The van der Waals surface area contributed by atoms with Crippen molar-refractivity contribution < 1.29 is 4.79 Å². The van der Waals surface area contributed by atoms with Crippen molar-refractivity contribution in [3.63, 3.8) is 0 Å². The Labute approximate surface area is 138 Å². The maximum atomic E-state index is 11.9. The molecule has 0 saturated heterocycles. The van der Waals surface area contributed by atoms with Crippen LogP contribution in [-0.4, -0.2) is 6.29 Å². The molecule has 0 bridgehead atoms. The molecule has 2 aliphatic rings. The first kappa shape index (κ1) is 18.0. The highest BCUT2D eigenvalue weighted by molar-refractivity contribution is 5.59. The average Bonchev–Trinajstić information content (AvgIpc) is 2.59. The van der Waals surface area contributed by atoms with E-state index in [-0.39, 0.29) is 5.41 Å². The summed E-state index contributed by atoms with van der Waals surface area (Å²) in [6, 6.07) is 0. The molecular formula is C21H38O. The summed E-state index contributed by atoms with van der Waals surface area (Å²) in [6.45, 7) is 2.29. The fourth-order valence-electron chi connectivity index (χ4n) is 5.09. The predicted octanol–water partition coefficient (Wildman–Crippen LogP) is 6.69. The van der Waals surface area contributed by atoms with Crippen LogP contribution in [0.25, 0.3) is 0 Å². The summed E-state index contributed by atoms with van der Waals surface area (Å²) in [6.07, 6.45) is 22.9. The van der Waals surface area contributed by atoms with Gasteiger partial charge in [-0.3, -0.25) is 0 Å². The Morgan fingerprint density at radius 1 is 0.955 bits per heavy atom. The van der Waals surface area contributed by atoms with Gasteiger partial charge >= 0.3 is 0 Å². The van der Waals surface area contributed by atoms with Crippen molar-refractivity contribution in [2.24, 2.45) is 17.3 Å². The fourth-order valence-corrected chi connectivity index (χ4v) is 5.09. The maximum absolute atomic E-state index is 11.9. The second-order valence-corrected chi connectivity index (χ2v) is 8.25. The molecule has 1 heteroatoms. The molecule has 2 saturated carbocycles. The highest BCUT2D eigenvalue weighted by Gasteiger charge is 2.36. The monoisotopic (exact) mass is 306 g/mol.